The first kappa shape index (κ1) is 14.4. The summed E-state index contributed by atoms with van der Waals surface area (Å²) in [5, 5.41) is 14.3. The van der Waals surface area contributed by atoms with E-state index in [0.717, 1.165) is 17.1 Å². The number of halogens is 3. The maximum absolute atomic E-state index is 12.7. The molecule has 0 unspecified atom stereocenters. The van der Waals surface area contributed by atoms with Crippen LogP contribution in [0.5, 0.6) is 0 Å². The average molecular weight is 310 g/mol. The number of pyridine rings is 1. The van der Waals surface area contributed by atoms with Gasteiger partial charge >= 0.3 is 6.18 Å². The minimum atomic E-state index is -4.44. The van der Waals surface area contributed by atoms with Crippen LogP contribution in [0.15, 0.2) is 24.7 Å². The monoisotopic (exact) mass is 310 g/mol. The first-order valence-corrected chi connectivity index (χ1v) is 6.58. The Bertz CT molecular complexity index is 802. The van der Waals surface area contributed by atoms with Crippen LogP contribution in [0.1, 0.15) is 19.4 Å². The predicted molar refractivity (Wildman–Crippen MR) is 74.8 cm³/mol. The third-order valence-electron chi connectivity index (χ3n) is 3.01. The molecule has 0 saturated heterocycles. The fourth-order valence-electron chi connectivity index (χ4n) is 2.08. The molecule has 2 N–H and O–H groups in total. The minimum absolute atomic E-state index is 0.115. The number of H-pyrrole nitrogens is 1. The predicted octanol–water partition coefficient (Wildman–Crippen LogP) is 2.98. The summed E-state index contributed by atoms with van der Waals surface area (Å²) < 4.78 is 39.2. The lowest BCUT2D eigenvalue weighted by Crippen LogP contribution is -2.11. The summed E-state index contributed by atoms with van der Waals surface area (Å²) in [6, 6.07) is 1.81. The van der Waals surface area contributed by atoms with Crippen LogP contribution in [0.25, 0.3) is 16.7 Å². The van der Waals surface area contributed by atoms with Crippen molar-refractivity contribution >= 4 is 16.7 Å². The van der Waals surface area contributed by atoms with Gasteiger partial charge in [-0.15, -0.1) is 0 Å². The molecule has 0 fully saturated rings. The number of fused-ring (bicyclic) bond motifs is 1. The van der Waals surface area contributed by atoms with Crippen molar-refractivity contribution in [2.45, 2.75) is 26.1 Å². The van der Waals surface area contributed by atoms with E-state index in [4.69, 9.17) is 0 Å². The van der Waals surface area contributed by atoms with Gasteiger partial charge in [-0.1, -0.05) is 0 Å². The molecule has 0 radical (unpaired) electrons. The zero-order valence-corrected chi connectivity index (χ0v) is 11.8. The summed E-state index contributed by atoms with van der Waals surface area (Å²) in [5.74, 6) is 0.807. The number of nitrogens with zero attached hydrogens (tertiary/aromatic N) is 4. The van der Waals surface area contributed by atoms with Crippen molar-refractivity contribution in [1.29, 1.82) is 0 Å². The molecule has 0 saturated carbocycles. The molecule has 0 aliphatic carbocycles. The van der Waals surface area contributed by atoms with Crippen molar-refractivity contribution in [2.75, 3.05) is 5.32 Å². The average Bonchev–Trinajstić information content (AvgIpc) is 3.03. The van der Waals surface area contributed by atoms with E-state index >= 15 is 0 Å². The second-order valence-corrected chi connectivity index (χ2v) is 5.10. The largest absolute Gasteiger partial charge is 0.419 e. The molecule has 6 nitrogen and oxygen atoms in total. The molecule has 0 amide bonds. The van der Waals surface area contributed by atoms with Gasteiger partial charge in [-0.25, -0.2) is 9.67 Å². The lowest BCUT2D eigenvalue weighted by molar-refractivity contribution is -0.137. The van der Waals surface area contributed by atoms with Gasteiger partial charge in [0.05, 0.1) is 22.7 Å². The molecule has 0 bridgehead atoms. The molecular weight excluding hydrogens is 297 g/mol. The highest BCUT2D eigenvalue weighted by atomic mass is 19.4. The summed E-state index contributed by atoms with van der Waals surface area (Å²) in [7, 11) is 0. The molecule has 0 aromatic carbocycles. The number of anilines is 1. The maximum Gasteiger partial charge on any atom is 0.419 e. The van der Waals surface area contributed by atoms with Gasteiger partial charge in [0, 0.05) is 18.4 Å². The normalized spacial score (nSPS) is 12.3. The van der Waals surface area contributed by atoms with Crippen LogP contribution in [-0.2, 0) is 6.18 Å². The molecule has 0 aliphatic rings. The van der Waals surface area contributed by atoms with E-state index in [1.54, 1.807) is 12.3 Å². The van der Waals surface area contributed by atoms with Crippen LogP contribution in [0.3, 0.4) is 0 Å². The van der Waals surface area contributed by atoms with Crippen LogP contribution in [-0.4, -0.2) is 31.0 Å². The van der Waals surface area contributed by atoms with Crippen LogP contribution in [0, 0.1) is 0 Å². The second kappa shape index (κ2) is 5.00. The first-order valence-electron chi connectivity index (χ1n) is 6.58. The van der Waals surface area contributed by atoms with Gasteiger partial charge in [0.2, 0.25) is 0 Å². The van der Waals surface area contributed by atoms with E-state index in [9.17, 15) is 13.2 Å². The number of alkyl halides is 3. The summed E-state index contributed by atoms with van der Waals surface area (Å²) in [5.41, 5.74) is -0.164. The molecular formula is C13H13F3N6. The molecule has 22 heavy (non-hydrogen) atoms. The number of hydrogen-bond acceptors (Lipinski definition) is 4. The molecule has 3 heterocycles. The van der Waals surface area contributed by atoms with Gasteiger partial charge in [-0.3, -0.25) is 5.10 Å². The molecule has 9 heteroatoms. The van der Waals surface area contributed by atoms with Crippen LogP contribution < -0.4 is 5.32 Å². The van der Waals surface area contributed by atoms with Crippen molar-refractivity contribution in [3.05, 3.63) is 30.2 Å². The first-order chi connectivity index (χ1) is 10.4. The Labute approximate surface area is 123 Å². The fourth-order valence-corrected chi connectivity index (χ4v) is 2.08. The highest BCUT2D eigenvalue weighted by Gasteiger charge is 2.32. The number of hydrogen-bond donors (Lipinski definition) is 2. The van der Waals surface area contributed by atoms with Crippen molar-refractivity contribution in [3.63, 3.8) is 0 Å². The Morgan fingerprint density at radius 3 is 2.73 bits per heavy atom. The van der Waals surface area contributed by atoms with Crippen molar-refractivity contribution in [1.82, 2.24) is 25.0 Å². The van der Waals surface area contributed by atoms with E-state index in [0.29, 0.717) is 16.7 Å². The van der Waals surface area contributed by atoms with Gasteiger partial charge in [-0.05, 0) is 19.9 Å². The van der Waals surface area contributed by atoms with E-state index in [2.05, 4.69) is 25.6 Å². The summed E-state index contributed by atoms with van der Waals surface area (Å²) in [6.07, 6.45) is -1.17. The van der Waals surface area contributed by atoms with Crippen molar-refractivity contribution in [2.24, 2.45) is 0 Å². The molecule has 3 aromatic rings. The highest BCUT2D eigenvalue weighted by molar-refractivity contribution is 5.95. The molecule has 0 aliphatic heterocycles. The summed E-state index contributed by atoms with van der Waals surface area (Å²) >= 11 is 0. The quantitative estimate of drug-likeness (QED) is 0.780. The Morgan fingerprint density at radius 2 is 2.09 bits per heavy atom. The number of rotatable bonds is 3. The smallest absolute Gasteiger partial charge is 0.367 e. The molecule has 116 valence electrons. The second-order valence-electron chi connectivity index (χ2n) is 5.10. The van der Waals surface area contributed by atoms with Gasteiger partial charge in [0.15, 0.2) is 5.82 Å². The van der Waals surface area contributed by atoms with E-state index < -0.39 is 11.7 Å². The molecule has 3 aromatic heterocycles. The van der Waals surface area contributed by atoms with Gasteiger partial charge in [0.1, 0.15) is 5.82 Å². The molecule has 0 atom stereocenters. The third-order valence-corrected chi connectivity index (χ3v) is 3.01. The minimum Gasteiger partial charge on any atom is -0.367 e. The third kappa shape index (κ3) is 2.49. The maximum atomic E-state index is 12.7. The number of nitrogens with one attached hydrogen (secondary N) is 2. The zero-order valence-electron chi connectivity index (χ0n) is 11.8. The SMILES string of the molecule is CC(C)Nc1nccc2[nH]nc(-n3cc(C(F)(F)F)cn3)c12. The van der Waals surface area contributed by atoms with Crippen molar-refractivity contribution < 1.29 is 13.2 Å². The molecule has 3 rings (SSSR count). The highest BCUT2D eigenvalue weighted by Crippen LogP contribution is 2.31. The van der Waals surface area contributed by atoms with Crippen molar-refractivity contribution in [3.8, 4) is 5.82 Å². The summed E-state index contributed by atoms with van der Waals surface area (Å²) in [6.45, 7) is 3.88. The Hall–Kier alpha value is -2.58. The van der Waals surface area contributed by atoms with E-state index in [1.165, 1.54) is 0 Å². The van der Waals surface area contributed by atoms with E-state index in [-0.39, 0.29) is 11.9 Å². The number of aromatic nitrogens is 5. The fraction of sp³-hybridized carbons (Fsp3) is 0.308. The van der Waals surface area contributed by atoms with Gasteiger partial charge in [-0.2, -0.15) is 23.4 Å². The Morgan fingerprint density at radius 1 is 1.32 bits per heavy atom. The molecule has 0 spiro atoms. The van der Waals surface area contributed by atoms with Gasteiger partial charge < -0.3 is 5.32 Å². The van der Waals surface area contributed by atoms with E-state index in [1.807, 2.05) is 13.8 Å². The zero-order chi connectivity index (χ0) is 15.9. The van der Waals surface area contributed by atoms with Gasteiger partial charge in [0.25, 0.3) is 0 Å². The van der Waals surface area contributed by atoms with Crippen LogP contribution in [0.4, 0.5) is 19.0 Å². The number of aromatic amines is 1. The Kier molecular flexibility index (Phi) is 3.27. The van der Waals surface area contributed by atoms with Crippen LogP contribution in [0.2, 0.25) is 0 Å². The Balaban J connectivity index is 2.13. The summed E-state index contributed by atoms with van der Waals surface area (Å²) in [4.78, 5) is 4.23. The standard InChI is InChI=1S/C13H13F3N6/c1-7(2)19-11-10-9(3-4-17-11)20-21-12(10)22-6-8(5-18-22)13(14,15)16/h3-7H,1-2H3,(H,17,19)(H,20,21). The topological polar surface area (TPSA) is 71.4 Å². The lowest BCUT2D eigenvalue weighted by Gasteiger charge is -2.10. The van der Waals surface area contributed by atoms with Crippen LogP contribution >= 0.6 is 0 Å². The lowest BCUT2D eigenvalue weighted by atomic mass is 10.2.